The van der Waals surface area contributed by atoms with Crippen molar-refractivity contribution in [2.45, 2.75) is 25.1 Å². The van der Waals surface area contributed by atoms with Gasteiger partial charge in [0.25, 0.3) is 0 Å². The Labute approximate surface area is 144 Å². The molecule has 0 spiro atoms. The number of amides is 2. The molecule has 0 saturated carbocycles. The number of anilines is 1. The zero-order valence-electron chi connectivity index (χ0n) is 13.9. The van der Waals surface area contributed by atoms with E-state index >= 15 is 0 Å². The molecule has 0 aliphatic carbocycles. The minimum Gasteiger partial charge on any atom is -0.379 e. The van der Waals surface area contributed by atoms with Crippen molar-refractivity contribution >= 4 is 11.7 Å². The van der Waals surface area contributed by atoms with E-state index < -0.39 is 17.8 Å². The summed E-state index contributed by atoms with van der Waals surface area (Å²) in [6.07, 6.45) is -2.67. The molecule has 2 aliphatic rings. The molecule has 8 heteroatoms. The fourth-order valence-electron chi connectivity index (χ4n) is 3.41. The Morgan fingerprint density at radius 3 is 2.60 bits per heavy atom. The van der Waals surface area contributed by atoms with Gasteiger partial charge in [0.15, 0.2) is 0 Å². The molecule has 2 heterocycles. The van der Waals surface area contributed by atoms with Gasteiger partial charge in [-0.05, 0) is 25.0 Å². The third kappa shape index (κ3) is 4.43. The fourth-order valence-corrected chi connectivity index (χ4v) is 3.41. The minimum absolute atomic E-state index is 0.200. The van der Waals surface area contributed by atoms with Gasteiger partial charge in [0.2, 0.25) is 0 Å². The Bertz CT molecular complexity index is 603. The first-order valence-electron chi connectivity index (χ1n) is 8.49. The maximum atomic E-state index is 13.1. The van der Waals surface area contributed by atoms with Gasteiger partial charge in [-0.25, -0.2) is 4.79 Å². The Hall–Kier alpha value is -1.80. The molecule has 138 valence electrons. The molecule has 5 nitrogen and oxygen atoms in total. The number of nitrogens with zero attached hydrogens (tertiary/aromatic N) is 2. The van der Waals surface area contributed by atoms with Crippen molar-refractivity contribution in [1.82, 2.24) is 9.80 Å². The van der Waals surface area contributed by atoms with Crippen molar-refractivity contribution in [2.75, 3.05) is 44.7 Å². The largest absolute Gasteiger partial charge is 0.418 e. The first-order chi connectivity index (χ1) is 11.9. The molecule has 25 heavy (non-hydrogen) atoms. The molecule has 2 amide bonds. The summed E-state index contributed by atoms with van der Waals surface area (Å²) < 4.78 is 44.5. The molecule has 1 atom stereocenters. The second-order valence-electron chi connectivity index (χ2n) is 6.36. The summed E-state index contributed by atoms with van der Waals surface area (Å²) in [5.41, 5.74) is -1.03. The molecule has 0 radical (unpaired) electrons. The van der Waals surface area contributed by atoms with E-state index in [1.165, 1.54) is 18.2 Å². The second-order valence-corrected chi connectivity index (χ2v) is 6.36. The molecule has 1 N–H and O–H groups in total. The van der Waals surface area contributed by atoms with E-state index in [0.717, 1.165) is 32.0 Å². The van der Waals surface area contributed by atoms with Crippen LogP contribution in [0.2, 0.25) is 0 Å². The number of piperidine rings is 1. The first-order valence-corrected chi connectivity index (χ1v) is 8.49. The summed E-state index contributed by atoms with van der Waals surface area (Å²) >= 11 is 0. The summed E-state index contributed by atoms with van der Waals surface area (Å²) in [5, 5.41) is 2.43. The lowest BCUT2D eigenvalue weighted by Crippen LogP contribution is -2.53. The van der Waals surface area contributed by atoms with Gasteiger partial charge in [0, 0.05) is 32.2 Å². The van der Waals surface area contributed by atoms with Crippen LogP contribution in [0.5, 0.6) is 0 Å². The van der Waals surface area contributed by atoms with E-state index in [0.29, 0.717) is 26.3 Å². The molecule has 2 fully saturated rings. The number of carbonyl (C=O) groups excluding carboxylic acids is 1. The molecule has 0 unspecified atom stereocenters. The minimum atomic E-state index is -4.50. The van der Waals surface area contributed by atoms with E-state index in [1.54, 1.807) is 4.90 Å². The maximum Gasteiger partial charge on any atom is 0.418 e. The Balaban J connectivity index is 1.65. The maximum absolute atomic E-state index is 13.1. The normalized spacial score (nSPS) is 22.7. The number of para-hydroxylation sites is 1. The highest BCUT2D eigenvalue weighted by Crippen LogP contribution is 2.34. The Kier molecular flexibility index (Phi) is 5.48. The van der Waals surface area contributed by atoms with Crippen molar-refractivity contribution in [3.05, 3.63) is 29.8 Å². The van der Waals surface area contributed by atoms with Crippen LogP contribution in [-0.4, -0.2) is 61.3 Å². The molecule has 2 saturated heterocycles. The summed E-state index contributed by atoms with van der Waals surface area (Å²) in [6.45, 7) is 4.11. The van der Waals surface area contributed by atoms with Gasteiger partial charge in [0.1, 0.15) is 0 Å². The van der Waals surface area contributed by atoms with Crippen LogP contribution in [0.15, 0.2) is 24.3 Å². The van der Waals surface area contributed by atoms with Crippen molar-refractivity contribution in [2.24, 2.45) is 0 Å². The third-order valence-electron chi connectivity index (χ3n) is 4.72. The van der Waals surface area contributed by atoms with Gasteiger partial charge in [0.05, 0.1) is 24.5 Å². The van der Waals surface area contributed by atoms with Crippen LogP contribution in [0, 0.1) is 0 Å². The molecule has 3 rings (SSSR count). The number of ether oxygens (including phenoxy) is 1. The smallest absolute Gasteiger partial charge is 0.379 e. The standard InChI is InChI=1S/C17H22F3N3O2/c18-17(19,20)14-5-1-2-6-15(14)21-16(24)23-7-3-4-13(12-23)22-8-10-25-11-9-22/h1-2,5-6,13H,3-4,7-12H2,(H,21,24)/t13-/m1/s1. The first kappa shape index (κ1) is 18.0. The summed E-state index contributed by atoms with van der Waals surface area (Å²) in [4.78, 5) is 16.4. The number of rotatable bonds is 2. The molecule has 0 aromatic heterocycles. The number of halogens is 3. The number of morpholine rings is 1. The average Bonchev–Trinajstić information content (AvgIpc) is 2.62. The van der Waals surface area contributed by atoms with E-state index in [2.05, 4.69) is 10.2 Å². The SMILES string of the molecule is O=C(Nc1ccccc1C(F)(F)F)N1CCC[C@@H](N2CCOCC2)C1. The van der Waals surface area contributed by atoms with Crippen molar-refractivity contribution < 1.29 is 22.7 Å². The number of carbonyl (C=O) groups is 1. The second kappa shape index (κ2) is 7.61. The number of benzene rings is 1. The van der Waals surface area contributed by atoms with Gasteiger partial charge < -0.3 is 15.0 Å². The summed E-state index contributed by atoms with van der Waals surface area (Å²) in [6, 6.07) is 4.81. The summed E-state index contributed by atoms with van der Waals surface area (Å²) in [5.74, 6) is 0. The van der Waals surface area contributed by atoms with Crippen LogP contribution in [0.1, 0.15) is 18.4 Å². The van der Waals surface area contributed by atoms with E-state index in [4.69, 9.17) is 4.74 Å². The van der Waals surface area contributed by atoms with E-state index in [9.17, 15) is 18.0 Å². The monoisotopic (exact) mass is 357 g/mol. The molecular weight excluding hydrogens is 335 g/mol. The van der Waals surface area contributed by atoms with Crippen molar-refractivity contribution in [3.63, 3.8) is 0 Å². The molecule has 1 aromatic carbocycles. The number of nitrogens with one attached hydrogen (secondary N) is 1. The Morgan fingerprint density at radius 2 is 1.88 bits per heavy atom. The average molecular weight is 357 g/mol. The van der Waals surface area contributed by atoms with Crippen molar-refractivity contribution in [3.8, 4) is 0 Å². The number of hydrogen-bond donors (Lipinski definition) is 1. The van der Waals surface area contributed by atoms with E-state index in [-0.39, 0.29) is 11.7 Å². The number of hydrogen-bond acceptors (Lipinski definition) is 3. The van der Waals surface area contributed by atoms with Crippen LogP contribution in [0.4, 0.5) is 23.7 Å². The number of alkyl halides is 3. The van der Waals surface area contributed by atoms with Crippen LogP contribution < -0.4 is 5.32 Å². The van der Waals surface area contributed by atoms with Crippen LogP contribution >= 0.6 is 0 Å². The van der Waals surface area contributed by atoms with Gasteiger partial charge in [-0.3, -0.25) is 4.90 Å². The van der Waals surface area contributed by atoms with E-state index in [1.807, 2.05) is 0 Å². The lowest BCUT2D eigenvalue weighted by Gasteiger charge is -2.40. The number of likely N-dealkylation sites (tertiary alicyclic amines) is 1. The predicted octanol–water partition coefficient (Wildman–Crippen LogP) is 3.03. The zero-order valence-corrected chi connectivity index (χ0v) is 13.9. The van der Waals surface area contributed by atoms with Crippen molar-refractivity contribution in [1.29, 1.82) is 0 Å². The highest BCUT2D eigenvalue weighted by atomic mass is 19.4. The number of urea groups is 1. The topological polar surface area (TPSA) is 44.8 Å². The lowest BCUT2D eigenvalue weighted by molar-refractivity contribution is -0.136. The van der Waals surface area contributed by atoms with Crippen LogP contribution in [-0.2, 0) is 10.9 Å². The molecule has 0 bridgehead atoms. The fraction of sp³-hybridized carbons (Fsp3) is 0.588. The van der Waals surface area contributed by atoms with Gasteiger partial charge in [-0.15, -0.1) is 0 Å². The summed E-state index contributed by atoms with van der Waals surface area (Å²) in [7, 11) is 0. The van der Waals surface area contributed by atoms with Gasteiger partial charge >= 0.3 is 12.2 Å². The zero-order chi connectivity index (χ0) is 17.9. The molecule has 2 aliphatic heterocycles. The molecular formula is C17H22F3N3O2. The van der Waals surface area contributed by atoms with Gasteiger partial charge in [-0.1, -0.05) is 12.1 Å². The van der Waals surface area contributed by atoms with Gasteiger partial charge in [-0.2, -0.15) is 13.2 Å². The van der Waals surface area contributed by atoms with Crippen LogP contribution in [0.3, 0.4) is 0 Å². The Morgan fingerprint density at radius 1 is 1.16 bits per heavy atom. The quantitative estimate of drug-likeness (QED) is 0.885. The highest BCUT2D eigenvalue weighted by molar-refractivity contribution is 5.90. The van der Waals surface area contributed by atoms with Crippen LogP contribution in [0.25, 0.3) is 0 Å². The highest BCUT2D eigenvalue weighted by Gasteiger charge is 2.34. The predicted molar refractivity (Wildman–Crippen MR) is 87.4 cm³/mol. The lowest BCUT2D eigenvalue weighted by atomic mass is 10.0. The molecule has 1 aromatic rings. The third-order valence-corrected chi connectivity index (χ3v) is 4.72.